The third-order valence-corrected chi connectivity index (χ3v) is 3.67. The van der Waals surface area contributed by atoms with Gasteiger partial charge >= 0.3 is 0 Å². The molecule has 1 aromatic rings. The molecule has 0 aromatic heterocycles. The summed E-state index contributed by atoms with van der Waals surface area (Å²) in [5.41, 5.74) is 7.82. The predicted octanol–water partition coefficient (Wildman–Crippen LogP) is 1.49. The van der Waals surface area contributed by atoms with Gasteiger partial charge in [-0.25, -0.2) is 0 Å². The number of hydrogen-bond donors (Lipinski definition) is 1. The fraction of sp³-hybridized carbons (Fsp3) is 0.533. The van der Waals surface area contributed by atoms with E-state index in [-0.39, 0.29) is 12.5 Å². The van der Waals surface area contributed by atoms with Crippen molar-refractivity contribution in [2.24, 2.45) is 11.7 Å². The van der Waals surface area contributed by atoms with Crippen molar-refractivity contribution in [2.45, 2.75) is 20.3 Å². The van der Waals surface area contributed by atoms with Crippen LogP contribution in [0.5, 0.6) is 5.75 Å². The number of carbonyl (C=O) groups is 1. The Morgan fingerprint density at radius 3 is 2.95 bits per heavy atom. The number of nitrogens with zero attached hydrogens (tertiary/aromatic N) is 1. The number of nitrogens with two attached hydrogens (primary N) is 1. The Balaban J connectivity index is 1.88. The summed E-state index contributed by atoms with van der Waals surface area (Å²) in [6.45, 7) is 6.34. The lowest BCUT2D eigenvalue weighted by atomic mass is 10.1. The van der Waals surface area contributed by atoms with Crippen LogP contribution in [0.25, 0.3) is 0 Å². The molecule has 2 rings (SSSR count). The minimum Gasteiger partial charge on any atom is -0.483 e. The van der Waals surface area contributed by atoms with E-state index in [0.717, 1.165) is 36.4 Å². The van der Waals surface area contributed by atoms with Crippen LogP contribution in [-0.2, 0) is 4.79 Å². The summed E-state index contributed by atoms with van der Waals surface area (Å²) in [5, 5.41) is 0. The summed E-state index contributed by atoms with van der Waals surface area (Å²) in [7, 11) is 0. The van der Waals surface area contributed by atoms with Gasteiger partial charge < -0.3 is 15.4 Å². The lowest BCUT2D eigenvalue weighted by Gasteiger charge is -2.17. The van der Waals surface area contributed by atoms with Gasteiger partial charge in [-0.2, -0.15) is 0 Å². The first kappa shape index (κ1) is 13.9. The van der Waals surface area contributed by atoms with Gasteiger partial charge in [0, 0.05) is 13.1 Å². The lowest BCUT2D eigenvalue weighted by molar-refractivity contribution is -0.132. The number of rotatable bonds is 4. The molecule has 1 amide bonds. The highest BCUT2D eigenvalue weighted by atomic mass is 16.5. The molecule has 0 radical (unpaired) electrons. The van der Waals surface area contributed by atoms with E-state index < -0.39 is 0 Å². The van der Waals surface area contributed by atoms with Crippen LogP contribution in [-0.4, -0.2) is 37.0 Å². The smallest absolute Gasteiger partial charge is 0.260 e. The number of hydrogen-bond acceptors (Lipinski definition) is 3. The van der Waals surface area contributed by atoms with Crippen molar-refractivity contribution in [3.8, 4) is 5.75 Å². The average Bonchev–Trinajstić information content (AvgIpc) is 2.88. The molecule has 1 atom stereocenters. The van der Waals surface area contributed by atoms with Crippen LogP contribution in [0.3, 0.4) is 0 Å². The summed E-state index contributed by atoms with van der Waals surface area (Å²) in [6, 6.07) is 6.01. The van der Waals surface area contributed by atoms with Gasteiger partial charge in [-0.05, 0) is 49.9 Å². The van der Waals surface area contributed by atoms with Gasteiger partial charge in [-0.3, -0.25) is 4.79 Å². The van der Waals surface area contributed by atoms with E-state index in [2.05, 4.69) is 0 Å². The molecule has 4 nitrogen and oxygen atoms in total. The molecule has 104 valence electrons. The van der Waals surface area contributed by atoms with E-state index in [4.69, 9.17) is 10.5 Å². The van der Waals surface area contributed by atoms with Crippen molar-refractivity contribution in [1.29, 1.82) is 0 Å². The molecular formula is C15H22N2O2. The Hall–Kier alpha value is -1.55. The SMILES string of the molecule is Cc1ccc(C)c(OCC(=O)N2CCC(CN)C2)c1. The number of benzene rings is 1. The number of carbonyl (C=O) groups excluding carboxylic acids is 1. The third-order valence-electron chi connectivity index (χ3n) is 3.67. The molecule has 2 N–H and O–H groups in total. The first-order chi connectivity index (χ1) is 9.10. The van der Waals surface area contributed by atoms with Crippen LogP contribution in [0.2, 0.25) is 0 Å². The minimum absolute atomic E-state index is 0.0526. The molecule has 1 aliphatic rings. The molecule has 19 heavy (non-hydrogen) atoms. The second kappa shape index (κ2) is 6.06. The van der Waals surface area contributed by atoms with E-state index in [1.807, 2.05) is 36.9 Å². The van der Waals surface area contributed by atoms with Crippen molar-refractivity contribution in [3.05, 3.63) is 29.3 Å². The molecule has 1 heterocycles. The summed E-state index contributed by atoms with van der Waals surface area (Å²) in [6.07, 6.45) is 1.01. The molecule has 0 bridgehead atoms. The summed E-state index contributed by atoms with van der Waals surface area (Å²) in [4.78, 5) is 13.9. The molecule has 4 heteroatoms. The summed E-state index contributed by atoms with van der Waals surface area (Å²) in [5.74, 6) is 1.30. The Bertz CT molecular complexity index is 459. The van der Waals surface area contributed by atoms with Crippen molar-refractivity contribution < 1.29 is 9.53 Å². The maximum absolute atomic E-state index is 12.0. The zero-order valence-electron chi connectivity index (χ0n) is 11.7. The van der Waals surface area contributed by atoms with Gasteiger partial charge in [-0.15, -0.1) is 0 Å². The zero-order chi connectivity index (χ0) is 13.8. The van der Waals surface area contributed by atoms with E-state index in [1.54, 1.807) is 0 Å². The van der Waals surface area contributed by atoms with Gasteiger partial charge in [-0.1, -0.05) is 12.1 Å². The first-order valence-corrected chi connectivity index (χ1v) is 6.78. The van der Waals surface area contributed by atoms with Crippen LogP contribution >= 0.6 is 0 Å². The minimum atomic E-state index is 0.0526. The number of aryl methyl sites for hydroxylation is 2. The van der Waals surface area contributed by atoms with Crippen LogP contribution in [0.4, 0.5) is 0 Å². The normalized spacial score (nSPS) is 18.7. The van der Waals surface area contributed by atoms with Crippen LogP contribution in [0.15, 0.2) is 18.2 Å². The number of ether oxygens (including phenoxy) is 1. The second-order valence-corrected chi connectivity index (χ2v) is 5.29. The average molecular weight is 262 g/mol. The molecule has 0 aliphatic carbocycles. The van der Waals surface area contributed by atoms with Gasteiger partial charge in [0.15, 0.2) is 6.61 Å². The van der Waals surface area contributed by atoms with Crippen molar-refractivity contribution >= 4 is 5.91 Å². The Labute approximate surface area is 114 Å². The van der Waals surface area contributed by atoms with Crippen LogP contribution < -0.4 is 10.5 Å². The fourth-order valence-electron chi connectivity index (χ4n) is 2.35. The van der Waals surface area contributed by atoms with Gasteiger partial charge in [0.1, 0.15) is 5.75 Å². The van der Waals surface area contributed by atoms with E-state index >= 15 is 0 Å². The molecule has 0 spiro atoms. The highest BCUT2D eigenvalue weighted by molar-refractivity contribution is 5.78. The van der Waals surface area contributed by atoms with Crippen molar-refractivity contribution in [1.82, 2.24) is 4.90 Å². The Morgan fingerprint density at radius 1 is 1.47 bits per heavy atom. The molecule has 1 aliphatic heterocycles. The maximum Gasteiger partial charge on any atom is 0.260 e. The molecule has 0 saturated carbocycles. The second-order valence-electron chi connectivity index (χ2n) is 5.29. The van der Waals surface area contributed by atoms with Crippen molar-refractivity contribution in [3.63, 3.8) is 0 Å². The highest BCUT2D eigenvalue weighted by Crippen LogP contribution is 2.20. The summed E-state index contributed by atoms with van der Waals surface area (Å²) >= 11 is 0. The van der Waals surface area contributed by atoms with E-state index in [9.17, 15) is 4.79 Å². The zero-order valence-corrected chi connectivity index (χ0v) is 11.7. The summed E-state index contributed by atoms with van der Waals surface area (Å²) < 4.78 is 5.64. The van der Waals surface area contributed by atoms with Crippen LogP contribution in [0.1, 0.15) is 17.5 Å². The molecule has 1 unspecified atom stereocenters. The monoisotopic (exact) mass is 262 g/mol. The van der Waals surface area contributed by atoms with E-state index in [1.165, 1.54) is 0 Å². The maximum atomic E-state index is 12.0. The highest BCUT2D eigenvalue weighted by Gasteiger charge is 2.25. The standard InChI is InChI=1S/C15H22N2O2/c1-11-3-4-12(2)14(7-11)19-10-15(18)17-6-5-13(8-16)9-17/h3-4,7,13H,5-6,8-10,16H2,1-2H3. The quantitative estimate of drug-likeness (QED) is 0.894. The van der Waals surface area contributed by atoms with Gasteiger partial charge in [0.25, 0.3) is 5.91 Å². The third kappa shape index (κ3) is 3.47. The van der Waals surface area contributed by atoms with Gasteiger partial charge in [0.2, 0.25) is 0 Å². The van der Waals surface area contributed by atoms with Crippen LogP contribution in [0, 0.1) is 19.8 Å². The topological polar surface area (TPSA) is 55.6 Å². The number of amides is 1. The molecule has 1 aromatic carbocycles. The molecule has 1 fully saturated rings. The Kier molecular flexibility index (Phi) is 4.43. The fourth-order valence-corrected chi connectivity index (χ4v) is 2.35. The van der Waals surface area contributed by atoms with Crippen molar-refractivity contribution in [2.75, 3.05) is 26.2 Å². The predicted molar refractivity (Wildman–Crippen MR) is 75.2 cm³/mol. The first-order valence-electron chi connectivity index (χ1n) is 6.78. The number of likely N-dealkylation sites (tertiary alicyclic amines) is 1. The molecule has 1 saturated heterocycles. The largest absolute Gasteiger partial charge is 0.483 e. The van der Waals surface area contributed by atoms with E-state index in [0.29, 0.717) is 12.5 Å². The molecular weight excluding hydrogens is 240 g/mol. The van der Waals surface area contributed by atoms with Gasteiger partial charge in [0.05, 0.1) is 0 Å². The Morgan fingerprint density at radius 2 is 2.26 bits per heavy atom. The lowest BCUT2D eigenvalue weighted by Crippen LogP contribution is -2.33.